The Morgan fingerprint density at radius 2 is 2.03 bits per heavy atom. The van der Waals surface area contributed by atoms with Crippen molar-refractivity contribution in [1.82, 2.24) is 4.90 Å². The summed E-state index contributed by atoms with van der Waals surface area (Å²) in [7, 11) is 0. The van der Waals surface area contributed by atoms with Crippen LogP contribution in [0.4, 0.5) is 5.00 Å². The largest absolute Gasteiger partial charge is 0.456 e. The second-order valence-corrected chi connectivity index (χ2v) is 7.80. The van der Waals surface area contributed by atoms with Gasteiger partial charge in [-0.2, -0.15) is 5.26 Å². The summed E-state index contributed by atoms with van der Waals surface area (Å²) in [5, 5.41) is 13.0. The highest BCUT2D eigenvalue weighted by molar-refractivity contribution is 7.16. The van der Waals surface area contributed by atoms with Gasteiger partial charge in [0.15, 0.2) is 6.61 Å². The summed E-state index contributed by atoms with van der Waals surface area (Å²) in [6, 6.07) is 11.9. The van der Waals surface area contributed by atoms with Crippen LogP contribution in [0.15, 0.2) is 30.3 Å². The Morgan fingerprint density at radius 1 is 1.28 bits per heavy atom. The normalized spacial score (nSPS) is 12.6. The molecule has 1 aliphatic heterocycles. The van der Waals surface area contributed by atoms with Gasteiger partial charge in [-0.3, -0.25) is 14.4 Å². The maximum atomic E-state index is 12.4. The number of hydrogen-bond donors (Lipinski definition) is 1. The van der Waals surface area contributed by atoms with Crippen LogP contribution in [0.1, 0.15) is 34.9 Å². The van der Waals surface area contributed by atoms with E-state index in [2.05, 4.69) is 11.4 Å². The van der Waals surface area contributed by atoms with E-state index in [1.165, 1.54) is 18.3 Å². The van der Waals surface area contributed by atoms with Crippen LogP contribution in [0.5, 0.6) is 0 Å². The van der Waals surface area contributed by atoms with Gasteiger partial charge in [0.1, 0.15) is 11.1 Å². The lowest BCUT2D eigenvalue weighted by molar-refractivity contribution is -0.150. The minimum absolute atomic E-state index is 0.147. The molecular formula is C21H21N3O4S. The zero-order valence-corrected chi connectivity index (χ0v) is 16.9. The van der Waals surface area contributed by atoms with E-state index in [0.717, 1.165) is 16.0 Å². The molecule has 0 fully saturated rings. The van der Waals surface area contributed by atoms with Crippen LogP contribution in [0.3, 0.4) is 0 Å². The maximum Gasteiger partial charge on any atom is 0.303 e. The number of hydrogen-bond acceptors (Lipinski definition) is 6. The van der Waals surface area contributed by atoms with E-state index in [9.17, 15) is 19.6 Å². The van der Waals surface area contributed by atoms with Crippen LogP contribution >= 0.6 is 11.3 Å². The Balaban J connectivity index is 1.64. The molecule has 2 heterocycles. The molecule has 0 saturated carbocycles. The van der Waals surface area contributed by atoms with Gasteiger partial charge in [-0.05, 0) is 24.0 Å². The van der Waals surface area contributed by atoms with Gasteiger partial charge in [-0.25, -0.2) is 0 Å². The highest BCUT2D eigenvalue weighted by atomic mass is 32.1. The lowest BCUT2D eigenvalue weighted by atomic mass is 10.0. The fourth-order valence-electron chi connectivity index (χ4n) is 3.17. The molecule has 0 radical (unpaired) electrons. The lowest BCUT2D eigenvalue weighted by Crippen LogP contribution is -2.38. The zero-order chi connectivity index (χ0) is 20.8. The van der Waals surface area contributed by atoms with Gasteiger partial charge in [0.2, 0.25) is 5.91 Å². The highest BCUT2D eigenvalue weighted by Gasteiger charge is 2.27. The lowest BCUT2D eigenvalue weighted by Gasteiger charge is -2.26. The van der Waals surface area contributed by atoms with Crippen molar-refractivity contribution in [3.05, 3.63) is 51.9 Å². The number of carbonyl (C=O) groups excluding carboxylic acids is 3. The first-order valence-corrected chi connectivity index (χ1v) is 10.1. The Kier molecular flexibility index (Phi) is 6.62. The first-order chi connectivity index (χ1) is 14.0. The molecule has 1 aliphatic rings. The van der Waals surface area contributed by atoms with E-state index in [1.807, 2.05) is 30.3 Å². The van der Waals surface area contributed by atoms with Gasteiger partial charge in [-0.15, -0.1) is 11.3 Å². The summed E-state index contributed by atoms with van der Waals surface area (Å²) in [5.41, 5.74) is 2.44. The van der Waals surface area contributed by atoms with E-state index in [0.29, 0.717) is 42.9 Å². The van der Waals surface area contributed by atoms with Crippen LogP contribution in [0.2, 0.25) is 0 Å². The van der Waals surface area contributed by atoms with Gasteiger partial charge < -0.3 is 15.0 Å². The Labute approximate surface area is 172 Å². The fourth-order valence-corrected chi connectivity index (χ4v) is 4.40. The molecule has 0 saturated heterocycles. The Hall–Kier alpha value is -3.18. The molecule has 3 rings (SSSR count). The highest BCUT2D eigenvalue weighted by Crippen LogP contribution is 2.36. The summed E-state index contributed by atoms with van der Waals surface area (Å²) in [6.45, 7) is 1.76. The predicted octanol–water partition coefficient (Wildman–Crippen LogP) is 2.64. The second kappa shape index (κ2) is 9.34. The van der Waals surface area contributed by atoms with E-state index in [4.69, 9.17) is 4.74 Å². The molecule has 150 valence electrons. The smallest absolute Gasteiger partial charge is 0.303 e. The number of amides is 2. The van der Waals surface area contributed by atoms with Crippen molar-refractivity contribution in [2.75, 3.05) is 18.5 Å². The topological polar surface area (TPSA) is 99.5 Å². The van der Waals surface area contributed by atoms with Crippen LogP contribution in [-0.2, 0) is 38.5 Å². The molecule has 0 spiro atoms. The quantitative estimate of drug-likeness (QED) is 0.737. The second-order valence-electron chi connectivity index (χ2n) is 6.70. The monoisotopic (exact) mass is 411 g/mol. The number of nitriles is 1. The van der Waals surface area contributed by atoms with Crippen LogP contribution < -0.4 is 5.32 Å². The molecule has 2 amide bonds. The molecule has 0 aliphatic carbocycles. The maximum absolute atomic E-state index is 12.4. The summed E-state index contributed by atoms with van der Waals surface area (Å²) in [6.07, 6.45) is 1.48. The molecule has 0 unspecified atom stereocenters. The van der Waals surface area contributed by atoms with Crippen molar-refractivity contribution in [1.29, 1.82) is 5.26 Å². The van der Waals surface area contributed by atoms with Crippen molar-refractivity contribution in [3.63, 3.8) is 0 Å². The Morgan fingerprint density at radius 3 is 2.72 bits per heavy atom. The minimum Gasteiger partial charge on any atom is -0.456 e. The van der Waals surface area contributed by atoms with Crippen molar-refractivity contribution < 1.29 is 19.1 Å². The third-order valence-corrected chi connectivity index (χ3v) is 5.79. The third-order valence-electron chi connectivity index (χ3n) is 4.66. The average Bonchev–Trinajstić information content (AvgIpc) is 3.07. The van der Waals surface area contributed by atoms with Gasteiger partial charge in [-0.1, -0.05) is 30.3 Å². The van der Waals surface area contributed by atoms with E-state index in [-0.39, 0.29) is 18.4 Å². The summed E-state index contributed by atoms with van der Waals surface area (Å²) in [4.78, 5) is 37.9. The van der Waals surface area contributed by atoms with Crippen molar-refractivity contribution in [3.8, 4) is 6.07 Å². The minimum atomic E-state index is -0.501. The average molecular weight is 411 g/mol. The number of nitrogens with one attached hydrogen (secondary N) is 1. The number of nitrogens with zero attached hydrogens (tertiary/aromatic N) is 2. The van der Waals surface area contributed by atoms with Crippen LogP contribution in [-0.4, -0.2) is 35.8 Å². The van der Waals surface area contributed by atoms with E-state index in [1.54, 1.807) is 4.90 Å². The van der Waals surface area contributed by atoms with Gasteiger partial charge in [0, 0.05) is 24.8 Å². The van der Waals surface area contributed by atoms with Crippen LogP contribution in [0.25, 0.3) is 0 Å². The SMILES string of the molecule is CC(=O)OCC(=O)N1CCc2c(sc(NC(=O)CCc3ccccc3)c2C#N)C1. The molecule has 8 heteroatoms. The van der Waals surface area contributed by atoms with E-state index >= 15 is 0 Å². The molecule has 2 aromatic rings. The Bertz CT molecular complexity index is 962. The number of carbonyl (C=O) groups is 3. The van der Waals surface area contributed by atoms with Gasteiger partial charge >= 0.3 is 5.97 Å². The van der Waals surface area contributed by atoms with Crippen molar-refractivity contribution in [2.45, 2.75) is 32.7 Å². The van der Waals surface area contributed by atoms with Crippen molar-refractivity contribution >= 4 is 34.1 Å². The summed E-state index contributed by atoms with van der Waals surface area (Å²) < 4.78 is 4.77. The van der Waals surface area contributed by atoms with E-state index < -0.39 is 5.97 Å². The summed E-state index contributed by atoms with van der Waals surface area (Å²) >= 11 is 1.33. The molecule has 0 bridgehead atoms. The molecule has 29 heavy (non-hydrogen) atoms. The first-order valence-electron chi connectivity index (χ1n) is 9.27. The molecule has 1 aromatic carbocycles. The zero-order valence-electron chi connectivity index (χ0n) is 16.1. The third kappa shape index (κ3) is 5.21. The number of esters is 1. The number of aryl methyl sites for hydroxylation is 1. The summed E-state index contributed by atoms with van der Waals surface area (Å²) in [5.74, 6) is -0.919. The number of fused-ring (bicyclic) bond motifs is 1. The fraction of sp³-hybridized carbons (Fsp3) is 0.333. The predicted molar refractivity (Wildman–Crippen MR) is 108 cm³/mol. The molecule has 1 N–H and O–H groups in total. The molecule has 1 aromatic heterocycles. The molecule has 0 atom stereocenters. The number of thiophene rings is 1. The van der Waals surface area contributed by atoms with Crippen molar-refractivity contribution in [2.24, 2.45) is 0 Å². The van der Waals surface area contributed by atoms with Gasteiger partial charge in [0.05, 0.1) is 12.1 Å². The molecular weight excluding hydrogens is 390 g/mol. The standard InChI is InChI=1S/C21H21N3O4S/c1-14(25)28-13-20(27)24-10-9-16-17(11-22)21(29-18(16)12-24)23-19(26)8-7-15-5-3-2-4-6-15/h2-6H,7-10,12-13H2,1H3,(H,23,26). The number of anilines is 1. The number of rotatable bonds is 6. The number of benzene rings is 1. The number of ether oxygens (including phenoxy) is 1. The van der Waals surface area contributed by atoms with Gasteiger partial charge in [0.25, 0.3) is 5.91 Å². The molecule has 7 nitrogen and oxygen atoms in total. The van der Waals surface area contributed by atoms with Crippen LogP contribution in [0, 0.1) is 11.3 Å². The first kappa shape index (κ1) is 20.6.